The maximum Gasteiger partial charge on any atom is 0.530 e. The maximum absolute atomic E-state index is 13.6. The van der Waals surface area contributed by atoms with E-state index in [4.69, 9.17) is 13.6 Å². The summed E-state index contributed by atoms with van der Waals surface area (Å²) in [6.07, 6.45) is 2.84. The van der Waals surface area contributed by atoms with E-state index in [1.807, 2.05) is 60.7 Å². The van der Waals surface area contributed by atoms with E-state index in [2.05, 4.69) is 20.8 Å². The van der Waals surface area contributed by atoms with Crippen LogP contribution in [0.4, 0.5) is 5.69 Å². The van der Waals surface area contributed by atoms with Gasteiger partial charge in [-0.2, -0.15) is 0 Å². The molecule has 0 saturated heterocycles. The predicted molar refractivity (Wildman–Crippen MR) is 141 cm³/mol. The predicted octanol–water partition coefficient (Wildman–Crippen LogP) is 8.13. The van der Waals surface area contributed by atoms with E-state index in [1.54, 1.807) is 6.07 Å². The molecule has 3 aromatic rings. The second-order valence-electron chi connectivity index (χ2n) is 9.17. The van der Waals surface area contributed by atoms with Gasteiger partial charge >= 0.3 is 13.5 Å². The molecule has 192 valence electrons. The molecule has 1 unspecified atom stereocenters. The number of hydrogen-bond donors (Lipinski definition) is 0. The molecule has 0 aliphatic rings. The number of nitro groups is 1. The standard InChI is InChI=1S/C28H34NO6P/c1-4-22(2)17-23(3)18-26-15-16-28(27(19-26)29(30)31)35-36(32,33-20-24-11-7-5-8-12-24)34-21-25-13-9-6-10-14-25/h5-16,19,22-23H,4,17-18,20-21H2,1-3H3/t22?,23-/m1/s1. The van der Waals surface area contributed by atoms with Gasteiger partial charge in [-0.3, -0.25) is 19.2 Å². The van der Waals surface area contributed by atoms with Crippen molar-refractivity contribution in [3.05, 3.63) is 106 Å². The second kappa shape index (κ2) is 13.4. The van der Waals surface area contributed by atoms with Crippen LogP contribution in [0.1, 0.15) is 50.3 Å². The number of hydrogen-bond acceptors (Lipinski definition) is 6. The summed E-state index contributed by atoms with van der Waals surface area (Å²) in [7, 11) is -4.21. The van der Waals surface area contributed by atoms with E-state index in [9.17, 15) is 14.7 Å². The molecule has 0 spiro atoms. The number of benzene rings is 3. The normalized spacial score (nSPS) is 13.2. The molecular formula is C28H34NO6P. The third-order valence-electron chi connectivity index (χ3n) is 5.98. The average Bonchev–Trinajstić information content (AvgIpc) is 2.88. The van der Waals surface area contributed by atoms with Crippen LogP contribution < -0.4 is 4.52 Å². The fourth-order valence-corrected chi connectivity index (χ4v) is 5.10. The van der Waals surface area contributed by atoms with Crippen LogP contribution in [-0.4, -0.2) is 4.92 Å². The Hall–Kier alpha value is -2.99. The van der Waals surface area contributed by atoms with Crippen LogP contribution in [0.3, 0.4) is 0 Å². The van der Waals surface area contributed by atoms with Gasteiger partial charge < -0.3 is 4.52 Å². The van der Waals surface area contributed by atoms with Crippen molar-refractivity contribution in [1.29, 1.82) is 0 Å². The van der Waals surface area contributed by atoms with Crippen LogP contribution in [0.2, 0.25) is 0 Å². The highest BCUT2D eigenvalue weighted by Gasteiger charge is 2.32. The molecule has 0 aromatic heterocycles. The monoisotopic (exact) mass is 511 g/mol. The van der Waals surface area contributed by atoms with Gasteiger partial charge in [0.25, 0.3) is 0 Å². The second-order valence-corrected chi connectivity index (χ2v) is 10.8. The summed E-state index contributed by atoms with van der Waals surface area (Å²) in [6.45, 7) is 6.44. The maximum atomic E-state index is 13.6. The van der Waals surface area contributed by atoms with Crippen LogP contribution in [0.25, 0.3) is 0 Å². The van der Waals surface area contributed by atoms with Gasteiger partial charge in [0.15, 0.2) is 0 Å². The number of phosphoric ester groups is 1. The van der Waals surface area contributed by atoms with Crippen LogP contribution in [-0.2, 0) is 33.2 Å². The number of rotatable bonds is 14. The van der Waals surface area contributed by atoms with E-state index >= 15 is 0 Å². The van der Waals surface area contributed by atoms with E-state index < -0.39 is 12.7 Å². The first kappa shape index (κ1) is 27.6. The Bertz CT molecular complexity index is 1110. The van der Waals surface area contributed by atoms with Crippen molar-refractivity contribution in [2.24, 2.45) is 11.8 Å². The highest BCUT2D eigenvalue weighted by Crippen LogP contribution is 2.52. The Kier molecular flexibility index (Phi) is 10.2. The molecule has 0 fully saturated rings. The van der Waals surface area contributed by atoms with Gasteiger partial charge in [0.2, 0.25) is 5.75 Å². The molecule has 8 heteroatoms. The van der Waals surface area contributed by atoms with E-state index in [0.717, 1.165) is 29.5 Å². The van der Waals surface area contributed by atoms with Crippen molar-refractivity contribution in [1.82, 2.24) is 0 Å². The summed E-state index contributed by atoms with van der Waals surface area (Å²) in [4.78, 5) is 11.4. The third kappa shape index (κ3) is 8.59. The summed E-state index contributed by atoms with van der Waals surface area (Å²) in [5.41, 5.74) is 2.10. The fourth-order valence-electron chi connectivity index (χ4n) is 3.92. The summed E-state index contributed by atoms with van der Waals surface area (Å²) < 4.78 is 30.5. The third-order valence-corrected chi connectivity index (χ3v) is 7.29. The Morgan fingerprint density at radius 3 is 1.89 bits per heavy atom. The van der Waals surface area contributed by atoms with Crippen LogP contribution in [0, 0.1) is 22.0 Å². The minimum absolute atomic E-state index is 0.0358. The minimum Gasteiger partial charge on any atom is -0.397 e. The van der Waals surface area contributed by atoms with Crippen molar-refractivity contribution < 1.29 is 23.1 Å². The summed E-state index contributed by atoms with van der Waals surface area (Å²) in [6, 6.07) is 23.1. The van der Waals surface area contributed by atoms with Gasteiger partial charge in [-0.1, -0.05) is 93.9 Å². The molecule has 3 rings (SSSR count). The largest absolute Gasteiger partial charge is 0.530 e. The van der Waals surface area contributed by atoms with E-state index in [-0.39, 0.29) is 24.7 Å². The van der Waals surface area contributed by atoms with Gasteiger partial charge in [0, 0.05) is 6.07 Å². The molecule has 7 nitrogen and oxygen atoms in total. The number of nitro benzene ring substituents is 1. The average molecular weight is 512 g/mol. The zero-order valence-corrected chi connectivity index (χ0v) is 21.9. The van der Waals surface area contributed by atoms with Crippen molar-refractivity contribution >= 4 is 13.5 Å². The molecule has 3 aromatic carbocycles. The lowest BCUT2D eigenvalue weighted by molar-refractivity contribution is -0.385. The Morgan fingerprint density at radius 1 is 0.833 bits per heavy atom. The molecular weight excluding hydrogens is 477 g/mol. The summed E-state index contributed by atoms with van der Waals surface area (Å²) in [5.74, 6) is 0.815. The Morgan fingerprint density at radius 2 is 1.39 bits per heavy atom. The van der Waals surface area contributed by atoms with Gasteiger partial charge in [0.1, 0.15) is 0 Å². The first-order valence-corrected chi connectivity index (χ1v) is 13.7. The Balaban J connectivity index is 1.81. The van der Waals surface area contributed by atoms with Crippen LogP contribution >= 0.6 is 7.82 Å². The number of nitrogens with zero attached hydrogens (tertiary/aromatic N) is 1. The molecule has 2 atom stereocenters. The van der Waals surface area contributed by atoms with Crippen molar-refractivity contribution in [2.45, 2.75) is 53.2 Å². The lowest BCUT2D eigenvalue weighted by atomic mass is 9.90. The topological polar surface area (TPSA) is 87.9 Å². The first-order chi connectivity index (χ1) is 17.3. The lowest BCUT2D eigenvalue weighted by Crippen LogP contribution is -2.07. The van der Waals surface area contributed by atoms with Gasteiger partial charge in [-0.05, 0) is 47.4 Å². The molecule has 0 bridgehead atoms. The molecule has 0 N–H and O–H groups in total. The fraction of sp³-hybridized carbons (Fsp3) is 0.357. The lowest BCUT2D eigenvalue weighted by Gasteiger charge is -2.19. The Labute approximate surface area is 213 Å². The van der Waals surface area contributed by atoms with Crippen molar-refractivity contribution in [3.63, 3.8) is 0 Å². The molecule has 0 aliphatic heterocycles. The summed E-state index contributed by atoms with van der Waals surface area (Å²) >= 11 is 0. The van der Waals surface area contributed by atoms with Crippen molar-refractivity contribution in [2.75, 3.05) is 0 Å². The highest BCUT2D eigenvalue weighted by molar-refractivity contribution is 7.48. The molecule has 0 heterocycles. The van der Waals surface area contributed by atoms with Crippen LogP contribution in [0.15, 0.2) is 78.9 Å². The van der Waals surface area contributed by atoms with E-state index in [0.29, 0.717) is 18.3 Å². The summed E-state index contributed by atoms with van der Waals surface area (Å²) in [5, 5.41) is 11.9. The zero-order chi connectivity index (χ0) is 26.0. The van der Waals surface area contributed by atoms with E-state index in [1.165, 1.54) is 12.1 Å². The molecule has 36 heavy (non-hydrogen) atoms. The molecule has 0 amide bonds. The molecule has 0 saturated carbocycles. The van der Waals surface area contributed by atoms with Gasteiger partial charge in [-0.25, -0.2) is 4.57 Å². The van der Waals surface area contributed by atoms with Gasteiger partial charge in [-0.15, -0.1) is 0 Å². The zero-order valence-electron chi connectivity index (χ0n) is 21.0. The molecule has 0 aliphatic carbocycles. The smallest absolute Gasteiger partial charge is 0.397 e. The number of phosphoric acid groups is 1. The quantitative estimate of drug-likeness (QED) is 0.123. The van der Waals surface area contributed by atoms with Crippen molar-refractivity contribution in [3.8, 4) is 5.75 Å². The van der Waals surface area contributed by atoms with Crippen LogP contribution in [0.5, 0.6) is 5.75 Å². The molecule has 0 radical (unpaired) electrons. The SMILES string of the molecule is CCC(C)C[C@@H](C)Cc1ccc(OP(=O)(OCc2ccccc2)OCc2ccccc2)c([N+](=O)[O-])c1. The first-order valence-electron chi connectivity index (χ1n) is 12.2. The van der Waals surface area contributed by atoms with Gasteiger partial charge in [0.05, 0.1) is 18.1 Å². The minimum atomic E-state index is -4.21. The highest BCUT2D eigenvalue weighted by atomic mass is 31.2.